The number of Topliss-reactive ketones (excluding diaryl/α,β-unsaturated/α-hetero) is 3. The van der Waals surface area contributed by atoms with E-state index in [2.05, 4.69) is 18.7 Å². The molecule has 236 valence electrons. The first-order valence-electron chi connectivity index (χ1n) is 15.4. The van der Waals surface area contributed by atoms with E-state index in [0.717, 1.165) is 34.4 Å². The summed E-state index contributed by atoms with van der Waals surface area (Å²) < 4.78 is 0. The summed E-state index contributed by atoms with van der Waals surface area (Å²) in [5.41, 5.74) is -0.734. The SMILES string of the molecule is C=C(C)[C@@H](CC=C(C)C)C[C@@]12C[C@@H](CC=C(C)C)C(C)(C)[C@@](CC=C(C)C)(C(=O)/C(=C(/O)C3=CC(=O)C(=O)C=C3)C1=O)C2=O. The molecular weight excluding hydrogens is 552 g/mol. The number of hydrogen-bond acceptors (Lipinski definition) is 6. The average molecular weight is 601 g/mol. The van der Waals surface area contributed by atoms with Gasteiger partial charge < -0.3 is 5.11 Å². The lowest BCUT2D eigenvalue weighted by atomic mass is 9.38. The van der Waals surface area contributed by atoms with Crippen molar-refractivity contribution in [3.8, 4) is 0 Å². The van der Waals surface area contributed by atoms with Crippen molar-refractivity contribution in [2.24, 2.45) is 28.1 Å². The van der Waals surface area contributed by atoms with Gasteiger partial charge in [-0.3, -0.25) is 24.0 Å². The zero-order chi connectivity index (χ0) is 33.4. The minimum Gasteiger partial charge on any atom is -0.506 e. The predicted molar refractivity (Wildman–Crippen MR) is 174 cm³/mol. The summed E-state index contributed by atoms with van der Waals surface area (Å²) in [4.78, 5) is 69.0. The second kappa shape index (κ2) is 12.7. The fraction of sp³-hybridized carbons (Fsp3) is 0.500. The third kappa shape index (κ3) is 6.00. The monoisotopic (exact) mass is 600 g/mol. The molecule has 0 heterocycles. The fourth-order valence-corrected chi connectivity index (χ4v) is 7.07. The molecule has 2 saturated carbocycles. The van der Waals surface area contributed by atoms with Crippen LogP contribution in [0.5, 0.6) is 0 Å². The molecule has 0 aliphatic heterocycles. The molecule has 2 bridgehead atoms. The Morgan fingerprint density at radius 2 is 1.48 bits per heavy atom. The molecule has 3 aliphatic rings. The highest BCUT2D eigenvalue weighted by molar-refractivity contribution is 6.47. The Bertz CT molecular complexity index is 1490. The van der Waals surface area contributed by atoms with Gasteiger partial charge in [-0.2, -0.15) is 0 Å². The highest BCUT2D eigenvalue weighted by Gasteiger charge is 2.74. The molecule has 1 N–H and O–H groups in total. The largest absolute Gasteiger partial charge is 0.506 e. The molecule has 0 spiro atoms. The third-order valence-electron chi connectivity index (χ3n) is 10.00. The average Bonchev–Trinajstić information content (AvgIpc) is 2.91. The maximum Gasteiger partial charge on any atom is 0.226 e. The van der Waals surface area contributed by atoms with Crippen molar-refractivity contribution in [2.75, 3.05) is 0 Å². The molecule has 0 aromatic heterocycles. The van der Waals surface area contributed by atoms with E-state index >= 15 is 4.79 Å². The van der Waals surface area contributed by atoms with E-state index in [0.29, 0.717) is 12.8 Å². The molecule has 0 aromatic carbocycles. The van der Waals surface area contributed by atoms with Gasteiger partial charge in [-0.25, -0.2) is 0 Å². The van der Waals surface area contributed by atoms with Crippen LogP contribution in [0.2, 0.25) is 0 Å². The molecule has 0 amide bonds. The third-order valence-corrected chi connectivity index (χ3v) is 10.00. The lowest BCUT2D eigenvalue weighted by molar-refractivity contribution is -0.177. The standard InChI is InChI=1S/C38H48O6/c1-22(2)11-13-27(25(7)8)20-37-21-28(15-12-23(3)4)36(9,10)38(35(37)44,18-17-24(5)6)34(43)31(33(37)42)32(41)26-14-16-29(39)30(40)19-26/h11-12,14,16-17,19,27-28,41H,7,13,15,18,20-21H2,1-6,8-10H3/b32-31+/t27-,28+,37+,38-/m0/s1. The zero-order valence-corrected chi connectivity index (χ0v) is 27.8. The van der Waals surface area contributed by atoms with Crippen molar-refractivity contribution in [3.63, 3.8) is 0 Å². The van der Waals surface area contributed by atoms with Crippen molar-refractivity contribution >= 4 is 28.9 Å². The van der Waals surface area contributed by atoms with Crippen LogP contribution in [0.3, 0.4) is 0 Å². The lowest BCUT2D eigenvalue weighted by Crippen LogP contribution is -2.70. The maximum absolute atomic E-state index is 15.2. The summed E-state index contributed by atoms with van der Waals surface area (Å²) in [6.07, 6.45) is 10.8. The van der Waals surface area contributed by atoms with Gasteiger partial charge in [0.25, 0.3) is 0 Å². The Balaban J connectivity index is 2.45. The first-order valence-corrected chi connectivity index (χ1v) is 15.4. The number of aliphatic hydroxyl groups excluding tert-OH is 1. The van der Waals surface area contributed by atoms with E-state index in [1.807, 2.05) is 68.4 Å². The molecule has 4 atom stereocenters. The highest BCUT2D eigenvalue weighted by atomic mass is 16.3. The number of hydrogen-bond donors (Lipinski definition) is 1. The summed E-state index contributed by atoms with van der Waals surface area (Å²) in [6.45, 7) is 21.7. The minimum absolute atomic E-state index is 0.0785. The number of carbonyl (C=O) groups excluding carboxylic acids is 5. The van der Waals surface area contributed by atoms with Gasteiger partial charge in [0.05, 0.1) is 5.41 Å². The van der Waals surface area contributed by atoms with E-state index in [-0.39, 0.29) is 36.7 Å². The number of aliphatic hydroxyl groups is 1. The molecule has 6 nitrogen and oxygen atoms in total. The number of fused-ring (bicyclic) bond motifs is 2. The molecule has 3 aliphatic carbocycles. The molecular formula is C38H48O6. The number of rotatable bonds is 10. The Hall–Kier alpha value is -3.67. The van der Waals surface area contributed by atoms with Crippen molar-refractivity contribution in [3.05, 3.63) is 82.2 Å². The Morgan fingerprint density at radius 1 is 0.886 bits per heavy atom. The number of ketones is 5. The van der Waals surface area contributed by atoms with Gasteiger partial charge in [-0.15, -0.1) is 0 Å². The summed E-state index contributed by atoms with van der Waals surface area (Å²) in [5.74, 6) is -4.53. The second-order valence-electron chi connectivity index (χ2n) is 14.3. The van der Waals surface area contributed by atoms with Gasteiger partial charge in [0, 0.05) is 11.6 Å². The summed E-state index contributed by atoms with van der Waals surface area (Å²) >= 11 is 0. The van der Waals surface area contributed by atoms with E-state index in [1.165, 1.54) is 6.08 Å². The van der Waals surface area contributed by atoms with Gasteiger partial charge in [-0.05, 0) is 110 Å². The van der Waals surface area contributed by atoms with Crippen LogP contribution in [-0.2, 0) is 24.0 Å². The van der Waals surface area contributed by atoms with Crippen molar-refractivity contribution in [1.82, 2.24) is 0 Å². The molecule has 0 aromatic rings. The van der Waals surface area contributed by atoms with Gasteiger partial charge >= 0.3 is 0 Å². The summed E-state index contributed by atoms with van der Waals surface area (Å²) in [7, 11) is 0. The first-order chi connectivity index (χ1) is 20.3. The highest BCUT2D eigenvalue weighted by Crippen LogP contribution is 2.66. The van der Waals surface area contributed by atoms with Crippen molar-refractivity contribution < 1.29 is 29.1 Å². The van der Waals surface area contributed by atoms with E-state index in [4.69, 9.17) is 0 Å². The Kier molecular flexibility index (Phi) is 10.1. The molecule has 44 heavy (non-hydrogen) atoms. The fourth-order valence-electron chi connectivity index (χ4n) is 7.07. The van der Waals surface area contributed by atoms with E-state index in [1.54, 1.807) is 0 Å². The summed E-state index contributed by atoms with van der Waals surface area (Å²) in [5, 5.41) is 11.6. The van der Waals surface area contributed by atoms with Gasteiger partial charge in [-0.1, -0.05) is 60.9 Å². The lowest BCUT2D eigenvalue weighted by Gasteiger charge is -2.60. The molecule has 2 fully saturated rings. The van der Waals surface area contributed by atoms with E-state index < -0.39 is 56.5 Å². The summed E-state index contributed by atoms with van der Waals surface area (Å²) in [6, 6.07) is 0. The molecule has 0 saturated heterocycles. The molecule has 0 unspecified atom stereocenters. The Morgan fingerprint density at radius 3 is 2.00 bits per heavy atom. The van der Waals surface area contributed by atoms with E-state index in [9.17, 15) is 24.3 Å². The van der Waals surface area contributed by atoms with Crippen LogP contribution in [0.15, 0.2) is 82.2 Å². The second-order valence-corrected chi connectivity index (χ2v) is 14.3. The zero-order valence-electron chi connectivity index (χ0n) is 27.8. The van der Waals surface area contributed by atoms with Crippen LogP contribution in [0.4, 0.5) is 0 Å². The maximum atomic E-state index is 15.2. The number of allylic oxidation sites excluding steroid dienone is 11. The van der Waals surface area contributed by atoms with Crippen molar-refractivity contribution in [1.29, 1.82) is 0 Å². The molecule has 0 radical (unpaired) electrons. The van der Waals surface area contributed by atoms with Gasteiger partial charge in [0.15, 0.2) is 17.3 Å². The Labute approximate surface area is 262 Å². The van der Waals surface area contributed by atoms with Crippen LogP contribution in [0.1, 0.15) is 94.4 Å². The molecule has 3 rings (SSSR count). The van der Waals surface area contributed by atoms with Crippen LogP contribution >= 0.6 is 0 Å². The smallest absolute Gasteiger partial charge is 0.226 e. The normalized spacial score (nSPS) is 27.8. The number of carbonyl (C=O) groups is 5. The topological polar surface area (TPSA) is 106 Å². The van der Waals surface area contributed by atoms with Crippen LogP contribution in [-0.4, -0.2) is 34.0 Å². The minimum atomic E-state index is -1.64. The molecule has 6 heteroatoms. The van der Waals surface area contributed by atoms with Crippen LogP contribution in [0, 0.1) is 28.1 Å². The van der Waals surface area contributed by atoms with Gasteiger partial charge in [0.2, 0.25) is 11.6 Å². The first kappa shape index (κ1) is 34.8. The van der Waals surface area contributed by atoms with Gasteiger partial charge in [0.1, 0.15) is 16.7 Å². The quantitative estimate of drug-likeness (QED) is 0.0521. The van der Waals surface area contributed by atoms with Crippen molar-refractivity contribution in [2.45, 2.75) is 94.4 Å². The predicted octanol–water partition coefficient (Wildman–Crippen LogP) is 7.82. The van der Waals surface area contributed by atoms with Crippen LogP contribution < -0.4 is 0 Å². The van der Waals surface area contributed by atoms with Crippen LogP contribution in [0.25, 0.3) is 0 Å².